The van der Waals surface area contributed by atoms with Gasteiger partial charge in [0.2, 0.25) is 0 Å². The maximum absolute atomic E-state index is 13.1. The molecule has 1 aliphatic carbocycles. The second kappa shape index (κ2) is 5.80. The molecule has 2 aliphatic rings. The lowest BCUT2D eigenvalue weighted by atomic mass is 9.71. The summed E-state index contributed by atoms with van der Waals surface area (Å²) in [5, 5.41) is 13.5. The molecular weight excluding hydrogens is 257 g/mol. The molecule has 3 nitrogen and oxygen atoms in total. The maximum Gasteiger partial charge on any atom is 0.123 e. The smallest absolute Gasteiger partial charge is 0.123 e. The van der Waals surface area contributed by atoms with E-state index < -0.39 is 6.10 Å². The molecule has 1 saturated carbocycles. The van der Waals surface area contributed by atoms with Gasteiger partial charge in [-0.25, -0.2) is 4.39 Å². The van der Waals surface area contributed by atoms with E-state index in [1.165, 1.54) is 25.0 Å². The van der Waals surface area contributed by atoms with Gasteiger partial charge in [0.05, 0.1) is 19.3 Å². The van der Waals surface area contributed by atoms with E-state index in [4.69, 9.17) is 4.74 Å². The van der Waals surface area contributed by atoms with Crippen LogP contribution in [-0.2, 0) is 4.74 Å². The Balaban J connectivity index is 1.45. The van der Waals surface area contributed by atoms with Crippen molar-refractivity contribution in [1.29, 1.82) is 0 Å². The molecule has 4 heteroatoms. The van der Waals surface area contributed by atoms with Gasteiger partial charge in [0.1, 0.15) is 5.82 Å². The summed E-state index contributed by atoms with van der Waals surface area (Å²) in [6.45, 7) is 2.33. The van der Waals surface area contributed by atoms with Gasteiger partial charge >= 0.3 is 0 Å². The van der Waals surface area contributed by atoms with Crippen LogP contribution in [0.3, 0.4) is 0 Å². The number of aliphatic hydroxyl groups is 1. The highest BCUT2D eigenvalue weighted by Gasteiger charge is 2.41. The third-order valence-electron chi connectivity index (χ3n) is 4.70. The Morgan fingerprint density at radius 3 is 2.70 bits per heavy atom. The SMILES string of the molecule is O[C@@H](CNC1CCC2(CC1)COC2)c1cccc(F)c1. The van der Waals surface area contributed by atoms with Crippen LogP contribution in [0.25, 0.3) is 0 Å². The molecule has 2 N–H and O–H groups in total. The second-order valence-corrected chi connectivity index (χ2v) is 6.25. The fraction of sp³-hybridized carbons (Fsp3) is 0.625. The number of rotatable bonds is 4. The summed E-state index contributed by atoms with van der Waals surface area (Å²) >= 11 is 0. The molecule has 110 valence electrons. The molecule has 0 bridgehead atoms. The number of hydrogen-bond donors (Lipinski definition) is 2. The van der Waals surface area contributed by atoms with E-state index in [0.29, 0.717) is 23.6 Å². The van der Waals surface area contributed by atoms with Gasteiger partial charge in [-0.05, 0) is 43.4 Å². The second-order valence-electron chi connectivity index (χ2n) is 6.25. The lowest BCUT2D eigenvalue weighted by Crippen LogP contribution is -2.48. The summed E-state index contributed by atoms with van der Waals surface area (Å²) < 4.78 is 18.4. The maximum atomic E-state index is 13.1. The van der Waals surface area contributed by atoms with Gasteiger partial charge in [0, 0.05) is 18.0 Å². The number of nitrogens with one attached hydrogen (secondary N) is 1. The topological polar surface area (TPSA) is 41.5 Å². The number of aliphatic hydroxyl groups excluding tert-OH is 1. The van der Waals surface area contributed by atoms with Crippen molar-refractivity contribution in [2.45, 2.75) is 37.8 Å². The molecule has 0 radical (unpaired) electrons. The van der Waals surface area contributed by atoms with Crippen molar-refractivity contribution in [3.8, 4) is 0 Å². The molecule has 0 aromatic heterocycles. The van der Waals surface area contributed by atoms with Crippen LogP contribution in [0, 0.1) is 11.2 Å². The molecule has 1 spiro atoms. The Morgan fingerprint density at radius 2 is 2.10 bits per heavy atom. The van der Waals surface area contributed by atoms with Crippen molar-refractivity contribution in [3.05, 3.63) is 35.6 Å². The molecule has 0 unspecified atom stereocenters. The van der Waals surface area contributed by atoms with Gasteiger partial charge in [-0.15, -0.1) is 0 Å². The van der Waals surface area contributed by atoms with Crippen LogP contribution in [0.1, 0.15) is 37.4 Å². The summed E-state index contributed by atoms with van der Waals surface area (Å²) in [7, 11) is 0. The highest BCUT2D eigenvalue weighted by Crippen LogP contribution is 2.42. The Hall–Kier alpha value is -0.970. The average molecular weight is 279 g/mol. The number of hydrogen-bond acceptors (Lipinski definition) is 3. The van der Waals surface area contributed by atoms with E-state index >= 15 is 0 Å². The first-order chi connectivity index (χ1) is 9.67. The van der Waals surface area contributed by atoms with E-state index in [0.717, 1.165) is 26.1 Å². The van der Waals surface area contributed by atoms with Crippen LogP contribution >= 0.6 is 0 Å². The molecule has 2 fully saturated rings. The van der Waals surface area contributed by atoms with Crippen LogP contribution < -0.4 is 5.32 Å². The minimum atomic E-state index is -0.645. The highest BCUT2D eigenvalue weighted by atomic mass is 19.1. The van der Waals surface area contributed by atoms with Gasteiger partial charge in [0.25, 0.3) is 0 Å². The fourth-order valence-corrected chi connectivity index (χ4v) is 3.22. The number of benzene rings is 1. The van der Waals surface area contributed by atoms with E-state index in [-0.39, 0.29) is 5.82 Å². The Bertz CT molecular complexity index is 452. The van der Waals surface area contributed by atoms with Gasteiger partial charge in [-0.1, -0.05) is 12.1 Å². The lowest BCUT2D eigenvalue weighted by Gasteiger charge is -2.46. The van der Waals surface area contributed by atoms with Crippen molar-refractivity contribution in [2.75, 3.05) is 19.8 Å². The Labute approximate surface area is 119 Å². The van der Waals surface area contributed by atoms with Crippen molar-refractivity contribution in [2.24, 2.45) is 5.41 Å². The van der Waals surface area contributed by atoms with Crippen molar-refractivity contribution < 1.29 is 14.2 Å². The first-order valence-electron chi connectivity index (χ1n) is 7.42. The zero-order valence-corrected chi connectivity index (χ0v) is 11.6. The van der Waals surface area contributed by atoms with Crippen LogP contribution in [0.4, 0.5) is 4.39 Å². The first kappa shape index (κ1) is 14.0. The van der Waals surface area contributed by atoms with Crippen molar-refractivity contribution >= 4 is 0 Å². The molecule has 20 heavy (non-hydrogen) atoms. The molecular formula is C16H22FNO2. The summed E-state index contributed by atoms with van der Waals surface area (Å²) in [4.78, 5) is 0. The standard InChI is InChI=1S/C16H22FNO2/c17-13-3-1-2-12(8-13)15(19)9-18-14-4-6-16(7-5-14)10-20-11-16/h1-3,8,14-15,18-19H,4-7,9-11H2/t15-/m0/s1. The average Bonchev–Trinajstić information content (AvgIpc) is 2.43. The lowest BCUT2D eigenvalue weighted by molar-refractivity contribution is -0.133. The summed E-state index contributed by atoms with van der Waals surface area (Å²) in [6, 6.07) is 6.65. The van der Waals surface area contributed by atoms with Crippen molar-refractivity contribution in [3.63, 3.8) is 0 Å². The van der Waals surface area contributed by atoms with Gasteiger partial charge in [-0.2, -0.15) is 0 Å². The zero-order valence-electron chi connectivity index (χ0n) is 11.6. The zero-order chi connectivity index (χ0) is 14.0. The van der Waals surface area contributed by atoms with Crippen LogP contribution in [0.5, 0.6) is 0 Å². The van der Waals surface area contributed by atoms with Crippen LogP contribution in [0.2, 0.25) is 0 Å². The summed E-state index contributed by atoms with van der Waals surface area (Å²) in [5.74, 6) is -0.300. The predicted octanol–water partition coefficient (Wildman–Crippen LogP) is 2.41. The Kier molecular flexibility index (Phi) is 4.06. The van der Waals surface area contributed by atoms with Crippen LogP contribution in [-0.4, -0.2) is 30.9 Å². The van der Waals surface area contributed by atoms with Crippen molar-refractivity contribution in [1.82, 2.24) is 5.32 Å². The third-order valence-corrected chi connectivity index (χ3v) is 4.70. The molecule has 1 aromatic carbocycles. The highest BCUT2D eigenvalue weighted by molar-refractivity contribution is 5.19. The van der Waals surface area contributed by atoms with E-state index in [1.807, 2.05) is 0 Å². The van der Waals surface area contributed by atoms with Gasteiger partial charge < -0.3 is 15.2 Å². The molecule has 3 rings (SSSR count). The molecule has 1 saturated heterocycles. The normalized spacial score (nSPS) is 23.5. The monoisotopic (exact) mass is 279 g/mol. The Morgan fingerprint density at radius 1 is 1.35 bits per heavy atom. The molecule has 1 atom stereocenters. The summed E-state index contributed by atoms with van der Waals surface area (Å²) in [6.07, 6.45) is 4.05. The van der Waals surface area contributed by atoms with Gasteiger partial charge in [-0.3, -0.25) is 0 Å². The fourth-order valence-electron chi connectivity index (χ4n) is 3.22. The number of ether oxygens (including phenoxy) is 1. The minimum absolute atomic E-state index is 0.300. The van der Waals surface area contributed by atoms with Crippen LogP contribution in [0.15, 0.2) is 24.3 Å². The van der Waals surface area contributed by atoms with E-state index in [1.54, 1.807) is 12.1 Å². The molecule has 1 aliphatic heterocycles. The first-order valence-corrected chi connectivity index (χ1v) is 7.42. The molecule has 1 aromatic rings. The minimum Gasteiger partial charge on any atom is -0.387 e. The molecule has 1 heterocycles. The summed E-state index contributed by atoms with van der Waals surface area (Å²) in [5.41, 5.74) is 1.09. The van der Waals surface area contributed by atoms with E-state index in [9.17, 15) is 9.50 Å². The third kappa shape index (κ3) is 3.03. The quantitative estimate of drug-likeness (QED) is 0.889. The number of halogens is 1. The predicted molar refractivity (Wildman–Crippen MR) is 74.9 cm³/mol. The molecule has 0 amide bonds. The largest absolute Gasteiger partial charge is 0.387 e. The van der Waals surface area contributed by atoms with Gasteiger partial charge in [0.15, 0.2) is 0 Å². The van der Waals surface area contributed by atoms with E-state index in [2.05, 4.69) is 5.32 Å².